The molecule has 0 saturated carbocycles. The number of hydrogen-bond acceptors (Lipinski definition) is 2. The molecular formula is C17H24O2. The predicted molar refractivity (Wildman–Crippen MR) is 80.3 cm³/mol. The van der Waals surface area contributed by atoms with Crippen LogP contribution < -0.4 is 0 Å². The molecular weight excluding hydrogens is 236 g/mol. The summed E-state index contributed by atoms with van der Waals surface area (Å²) in [5, 5.41) is 18.6. The van der Waals surface area contributed by atoms with Gasteiger partial charge in [-0.1, -0.05) is 63.2 Å². The monoisotopic (exact) mass is 260 g/mol. The molecule has 0 spiro atoms. The Kier molecular flexibility index (Phi) is 12.0. The Hall–Kier alpha value is -1.48. The van der Waals surface area contributed by atoms with Crippen LogP contribution in [0.3, 0.4) is 0 Å². The fraction of sp³-hybridized carbons (Fsp3) is 0.529. The Morgan fingerprint density at radius 1 is 1.00 bits per heavy atom. The van der Waals surface area contributed by atoms with Crippen molar-refractivity contribution in [2.75, 3.05) is 0 Å². The van der Waals surface area contributed by atoms with Gasteiger partial charge in [-0.25, -0.2) is 0 Å². The minimum absolute atomic E-state index is 0.786. The summed E-state index contributed by atoms with van der Waals surface area (Å²) in [5.74, 6) is 10.00. The number of allylic oxidation sites excluding steroid dienone is 1. The first-order chi connectivity index (χ1) is 9.20. The zero-order valence-corrected chi connectivity index (χ0v) is 11.7. The Balaban J connectivity index is 3.78. The molecule has 104 valence electrons. The van der Waals surface area contributed by atoms with Gasteiger partial charge in [-0.3, -0.25) is 0 Å². The molecule has 2 heteroatoms. The Bertz CT molecular complexity index is 374. The van der Waals surface area contributed by atoms with E-state index in [1.807, 2.05) is 6.08 Å². The van der Waals surface area contributed by atoms with Crippen molar-refractivity contribution in [3.05, 3.63) is 24.8 Å². The number of aliphatic hydroxyl groups excluding tert-OH is 2. The van der Waals surface area contributed by atoms with Crippen LogP contribution >= 0.6 is 0 Å². The molecule has 2 N–H and O–H groups in total. The molecule has 0 bridgehead atoms. The Labute approximate surface area is 117 Å². The highest BCUT2D eigenvalue weighted by atomic mass is 16.3. The molecule has 0 saturated heterocycles. The highest BCUT2D eigenvalue weighted by molar-refractivity contribution is 5.31. The molecule has 0 aromatic heterocycles. The quantitative estimate of drug-likeness (QED) is 0.400. The van der Waals surface area contributed by atoms with Crippen LogP contribution in [-0.2, 0) is 0 Å². The van der Waals surface area contributed by atoms with Crippen molar-refractivity contribution >= 4 is 0 Å². The van der Waals surface area contributed by atoms with Crippen LogP contribution in [-0.4, -0.2) is 22.4 Å². The van der Waals surface area contributed by atoms with Gasteiger partial charge in [0.15, 0.2) is 0 Å². The summed E-state index contributed by atoms with van der Waals surface area (Å²) in [5.41, 5.74) is 0. The minimum Gasteiger partial charge on any atom is -0.377 e. The summed E-state index contributed by atoms with van der Waals surface area (Å²) in [7, 11) is 0. The number of rotatable bonds is 8. The van der Waals surface area contributed by atoms with Gasteiger partial charge in [0.05, 0.1) is 0 Å². The molecule has 0 aliphatic carbocycles. The fourth-order valence-corrected chi connectivity index (χ4v) is 1.42. The van der Waals surface area contributed by atoms with Crippen LogP contribution in [0.25, 0.3) is 0 Å². The molecule has 0 heterocycles. The molecule has 0 rings (SSSR count). The van der Waals surface area contributed by atoms with Crippen molar-refractivity contribution in [2.45, 2.75) is 57.7 Å². The van der Waals surface area contributed by atoms with E-state index in [4.69, 9.17) is 5.11 Å². The standard InChI is InChI=1S/C17H24O2/c1-3-5-6-7-8-9-10-14-17(19)15-12-11-13-16(18)4-2/h4,10,14,16-19H,2-3,5-9H2,1H3/t16-,17-/m0/s1. The summed E-state index contributed by atoms with van der Waals surface area (Å²) in [4.78, 5) is 0. The van der Waals surface area contributed by atoms with E-state index >= 15 is 0 Å². The number of hydrogen-bond donors (Lipinski definition) is 2. The van der Waals surface area contributed by atoms with E-state index in [1.165, 1.54) is 31.8 Å². The molecule has 0 aromatic rings. The second-order valence-electron chi connectivity index (χ2n) is 4.30. The number of aliphatic hydroxyl groups is 2. The molecule has 0 fully saturated rings. The van der Waals surface area contributed by atoms with Gasteiger partial charge >= 0.3 is 0 Å². The summed E-state index contributed by atoms with van der Waals surface area (Å²) in [6.07, 6.45) is 10.5. The fourth-order valence-electron chi connectivity index (χ4n) is 1.42. The summed E-state index contributed by atoms with van der Waals surface area (Å²) in [6.45, 7) is 5.59. The molecule has 0 aliphatic heterocycles. The smallest absolute Gasteiger partial charge is 0.134 e. The van der Waals surface area contributed by atoms with E-state index in [-0.39, 0.29) is 0 Å². The van der Waals surface area contributed by atoms with Crippen molar-refractivity contribution in [3.8, 4) is 23.7 Å². The van der Waals surface area contributed by atoms with Crippen LogP contribution in [0.2, 0.25) is 0 Å². The van der Waals surface area contributed by atoms with Crippen LogP contribution in [0.5, 0.6) is 0 Å². The van der Waals surface area contributed by atoms with E-state index in [0.29, 0.717) is 0 Å². The average Bonchev–Trinajstić information content (AvgIpc) is 2.42. The maximum absolute atomic E-state index is 9.50. The van der Waals surface area contributed by atoms with Gasteiger partial charge in [0, 0.05) is 0 Å². The highest BCUT2D eigenvalue weighted by Crippen LogP contribution is 2.05. The maximum Gasteiger partial charge on any atom is 0.134 e. The van der Waals surface area contributed by atoms with Crippen LogP contribution in [0.1, 0.15) is 45.4 Å². The lowest BCUT2D eigenvalue weighted by Crippen LogP contribution is -1.97. The van der Waals surface area contributed by atoms with Gasteiger partial charge in [0.2, 0.25) is 0 Å². The second kappa shape index (κ2) is 13.0. The topological polar surface area (TPSA) is 40.5 Å². The summed E-state index contributed by atoms with van der Waals surface area (Å²) in [6, 6.07) is 0. The van der Waals surface area contributed by atoms with Crippen molar-refractivity contribution in [3.63, 3.8) is 0 Å². The first kappa shape index (κ1) is 17.5. The summed E-state index contributed by atoms with van der Waals surface area (Å²) < 4.78 is 0. The largest absolute Gasteiger partial charge is 0.377 e. The Morgan fingerprint density at radius 2 is 1.63 bits per heavy atom. The lowest BCUT2D eigenvalue weighted by atomic mass is 10.1. The van der Waals surface area contributed by atoms with Crippen LogP contribution in [0.15, 0.2) is 24.8 Å². The Morgan fingerprint density at radius 3 is 2.26 bits per heavy atom. The molecule has 2 nitrogen and oxygen atoms in total. The van der Waals surface area contributed by atoms with Crippen molar-refractivity contribution in [2.24, 2.45) is 0 Å². The van der Waals surface area contributed by atoms with E-state index < -0.39 is 12.2 Å². The first-order valence-electron chi connectivity index (χ1n) is 6.87. The minimum atomic E-state index is -0.856. The molecule has 0 aromatic carbocycles. The number of unbranched alkanes of at least 4 members (excludes halogenated alkanes) is 5. The average molecular weight is 260 g/mol. The highest BCUT2D eigenvalue weighted by Gasteiger charge is 1.91. The first-order valence-corrected chi connectivity index (χ1v) is 6.87. The van der Waals surface area contributed by atoms with Gasteiger partial charge in [-0.2, -0.15) is 0 Å². The van der Waals surface area contributed by atoms with Crippen LogP contribution in [0.4, 0.5) is 0 Å². The van der Waals surface area contributed by atoms with Gasteiger partial charge in [-0.05, 0) is 30.8 Å². The van der Waals surface area contributed by atoms with E-state index in [1.54, 1.807) is 6.08 Å². The van der Waals surface area contributed by atoms with Gasteiger partial charge in [-0.15, -0.1) is 0 Å². The molecule has 0 aliphatic rings. The van der Waals surface area contributed by atoms with Gasteiger partial charge in [0.1, 0.15) is 12.2 Å². The SMILES string of the molecule is C=C[C@H](O)C#CC#C[C@@H](O)C=CCCCCCCC. The zero-order valence-electron chi connectivity index (χ0n) is 11.7. The lowest BCUT2D eigenvalue weighted by molar-refractivity contribution is 0.280. The molecule has 19 heavy (non-hydrogen) atoms. The zero-order chi connectivity index (χ0) is 14.3. The van der Waals surface area contributed by atoms with E-state index in [0.717, 1.165) is 12.8 Å². The van der Waals surface area contributed by atoms with E-state index in [2.05, 4.69) is 37.2 Å². The normalized spacial score (nSPS) is 13.0. The van der Waals surface area contributed by atoms with Crippen molar-refractivity contribution in [1.82, 2.24) is 0 Å². The molecule has 0 amide bonds. The molecule has 2 atom stereocenters. The third kappa shape index (κ3) is 12.8. The van der Waals surface area contributed by atoms with Crippen LogP contribution in [0, 0.1) is 23.7 Å². The van der Waals surface area contributed by atoms with Crippen molar-refractivity contribution in [1.29, 1.82) is 0 Å². The summed E-state index contributed by atoms with van der Waals surface area (Å²) >= 11 is 0. The lowest BCUT2D eigenvalue weighted by Gasteiger charge is -1.97. The van der Waals surface area contributed by atoms with Gasteiger partial charge < -0.3 is 10.2 Å². The molecule has 0 unspecified atom stereocenters. The van der Waals surface area contributed by atoms with E-state index in [9.17, 15) is 5.11 Å². The third-order valence-electron chi connectivity index (χ3n) is 2.52. The van der Waals surface area contributed by atoms with Gasteiger partial charge in [0.25, 0.3) is 0 Å². The second-order valence-corrected chi connectivity index (χ2v) is 4.30. The molecule has 0 radical (unpaired) electrons. The maximum atomic E-state index is 9.50. The predicted octanol–water partition coefficient (Wildman–Crippen LogP) is 2.82. The van der Waals surface area contributed by atoms with Crippen molar-refractivity contribution < 1.29 is 10.2 Å². The third-order valence-corrected chi connectivity index (χ3v) is 2.52.